The Bertz CT molecular complexity index is 1740. The van der Waals surface area contributed by atoms with E-state index in [0.29, 0.717) is 22.4 Å². The Morgan fingerprint density at radius 1 is 0.841 bits per heavy atom. The Hall–Kier alpha value is -3.79. The van der Waals surface area contributed by atoms with Gasteiger partial charge in [0.05, 0.1) is 28.0 Å². The highest BCUT2D eigenvalue weighted by Gasteiger charge is 2.68. The number of rotatable bonds is 7. The highest BCUT2D eigenvalue weighted by atomic mass is 79.9. The van der Waals surface area contributed by atoms with E-state index >= 15 is 0 Å². The third-order valence-electron chi connectivity index (χ3n) is 9.04. The molecule has 2 saturated carbocycles. The second-order valence-electron chi connectivity index (χ2n) is 11.5. The van der Waals surface area contributed by atoms with Crippen molar-refractivity contribution in [3.8, 4) is 5.75 Å². The van der Waals surface area contributed by atoms with Gasteiger partial charge >= 0.3 is 5.97 Å². The number of ether oxygens (including phenoxy) is 1. The highest BCUT2D eigenvalue weighted by Crippen LogP contribution is 2.65. The van der Waals surface area contributed by atoms with Crippen LogP contribution in [0.1, 0.15) is 37.5 Å². The van der Waals surface area contributed by atoms with Gasteiger partial charge in [-0.3, -0.25) is 19.2 Å². The number of halogens is 3. The Morgan fingerprint density at radius 2 is 1.43 bits per heavy atom. The summed E-state index contributed by atoms with van der Waals surface area (Å²) in [5, 5.41) is 2.10. The summed E-state index contributed by atoms with van der Waals surface area (Å²) in [6.45, 7) is -0.595. The van der Waals surface area contributed by atoms with Crippen molar-refractivity contribution >= 4 is 68.6 Å². The maximum Gasteiger partial charge on any atom is 0.343 e. The molecule has 0 radical (unpaired) electrons. The van der Waals surface area contributed by atoms with Crippen LogP contribution in [-0.4, -0.2) is 46.0 Å². The van der Waals surface area contributed by atoms with Crippen LogP contribution in [0, 0.1) is 35.5 Å². The van der Waals surface area contributed by atoms with Crippen LogP contribution in [0.2, 0.25) is 10.0 Å². The van der Waals surface area contributed by atoms with E-state index in [0.717, 1.165) is 20.9 Å². The zero-order valence-corrected chi connectivity index (χ0v) is 26.0. The van der Waals surface area contributed by atoms with Gasteiger partial charge in [-0.2, -0.15) is 5.01 Å². The molecular weight excluding hydrogens is 671 g/mol. The van der Waals surface area contributed by atoms with Crippen molar-refractivity contribution in [3.05, 3.63) is 110 Å². The molecule has 222 valence electrons. The van der Waals surface area contributed by atoms with Crippen molar-refractivity contribution < 1.29 is 28.7 Å². The van der Waals surface area contributed by atoms with Crippen LogP contribution < -0.4 is 4.74 Å². The van der Waals surface area contributed by atoms with Gasteiger partial charge in [-0.1, -0.05) is 51.3 Å². The van der Waals surface area contributed by atoms with Gasteiger partial charge in [0.25, 0.3) is 17.7 Å². The van der Waals surface area contributed by atoms with Crippen LogP contribution in [-0.2, 0) is 9.59 Å². The minimum Gasteiger partial charge on any atom is -0.423 e. The zero-order valence-electron chi connectivity index (χ0n) is 22.9. The third kappa shape index (κ3) is 4.87. The van der Waals surface area contributed by atoms with Crippen LogP contribution in [0.4, 0.5) is 0 Å². The van der Waals surface area contributed by atoms with Crippen molar-refractivity contribution in [2.45, 2.75) is 6.42 Å². The minimum atomic E-state index is -0.772. The lowest BCUT2D eigenvalue weighted by Crippen LogP contribution is -2.52. The number of amides is 3. The first kappa shape index (κ1) is 29.0. The van der Waals surface area contributed by atoms with Crippen molar-refractivity contribution in [2.24, 2.45) is 35.5 Å². The lowest BCUT2D eigenvalue weighted by Gasteiger charge is -2.37. The molecule has 1 aliphatic heterocycles. The predicted octanol–water partition coefficient (Wildman–Crippen LogP) is 6.27. The molecule has 3 amide bonds. The number of carbonyl (C=O) groups is 5. The fourth-order valence-electron chi connectivity index (χ4n) is 6.90. The van der Waals surface area contributed by atoms with E-state index < -0.39 is 47.9 Å². The van der Waals surface area contributed by atoms with Gasteiger partial charge in [-0.15, -0.1) is 0 Å². The molecule has 0 aromatic heterocycles. The molecule has 4 aliphatic carbocycles. The molecule has 11 heteroatoms. The molecule has 0 unspecified atom stereocenters. The summed E-state index contributed by atoms with van der Waals surface area (Å²) in [7, 11) is 0. The van der Waals surface area contributed by atoms with E-state index in [9.17, 15) is 24.0 Å². The summed E-state index contributed by atoms with van der Waals surface area (Å²) < 4.78 is 6.24. The van der Waals surface area contributed by atoms with Gasteiger partial charge < -0.3 is 4.74 Å². The number of allylic oxidation sites excluding steroid dienone is 2. The maximum absolute atomic E-state index is 13.9. The second-order valence-corrected chi connectivity index (χ2v) is 13.2. The topological polar surface area (TPSA) is 101 Å². The third-order valence-corrected chi connectivity index (χ3v) is 10.1. The molecule has 6 atom stereocenters. The largest absolute Gasteiger partial charge is 0.423 e. The SMILES string of the molecule is O=C(CN(C(=O)c1ccc(Cl)cc1Cl)N1C(=O)[C@@H]2[C@H]3C=C[C@@H]([C@@H]4C[C@@H]34)[C@H]2C1=O)c1ccc(OC(=O)c2ccc(Br)cc2)cc1. The number of carbonyl (C=O) groups excluding carboxylic acids is 5. The normalized spacial score (nSPS) is 25.8. The lowest BCUT2D eigenvalue weighted by atomic mass is 9.63. The molecule has 2 bridgehead atoms. The predicted molar refractivity (Wildman–Crippen MR) is 164 cm³/mol. The van der Waals surface area contributed by atoms with Crippen molar-refractivity contribution in [3.63, 3.8) is 0 Å². The average molecular weight is 694 g/mol. The highest BCUT2D eigenvalue weighted by molar-refractivity contribution is 9.10. The number of hydrazine groups is 1. The summed E-state index contributed by atoms with van der Waals surface area (Å²) >= 11 is 15.7. The van der Waals surface area contributed by atoms with Crippen molar-refractivity contribution in [2.75, 3.05) is 6.54 Å². The summed E-state index contributed by atoms with van der Waals surface area (Å²) in [6, 6.07) is 16.8. The molecule has 3 aromatic carbocycles. The molecular formula is C33H23BrCl2N2O6. The molecule has 5 aliphatic rings. The average Bonchev–Trinajstić information content (AvgIpc) is 3.79. The van der Waals surface area contributed by atoms with Gasteiger partial charge in [0.15, 0.2) is 5.78 Å². The number of Topliss-reactive ketones (excluding diaryl/α,β-unsaturated/α-hetero) is 1. The van der Waals surface area contributed by atoms with Crippen molar-refractivity contribution in [1.29, 1.82) is 0 Å². The number of esters is 1. The molecule has 1 saturated heterocycles. The Kier molecular flexibility index (Phi) is 7.22. The van der Waals surface area contributed by atoms with E-state index in [4.69, 9.17) is 27.9 Å². The molecule has 3 fully saturated rings. The molecule has 0 spiro atoms. The van der Waals surface area contributed by atoms with E-state index in [-0.39, 0.29) is 33.7 Å². The minimum absolute atomic E-state index is 0.00140. The van der Waals surface area contributed by atoms with E-state index in [2.05, 4.69) is 15.9 Å². The monoisotopic (exact) mass is 692 g/mol. The number of benzene rings is 3. The quantitative estimate of drug-likeness (QED) is 0.0951. The number of nitrogens with zero attached hydrogens (tertiary/aromatic N) is 2. The first-order chi connectivity index (χ1) is 21.1. The molecule has 8 rings (SSSR count). The maximum atomic E-state index is 13.9. The Morgan fingerprint density at radius 3 is 2.02 bits per heavy atom. The fourth-order valence-corrected chi connectivity index (χ4v) is 7.66. The smallest absolute Gasteiger partial charge is 0.343 e. The zero-order chi connectivity index (χ0) is 30.9. The van der Waals surface area contributed by atoms with Crippen LogP contribution in [0.15, 0.2) is 83.4 Å². The second kappa shape index (κ2) is 11.0. The fraction of sp³-hybridized carbons (Fsp3) is 0.242. The van der Waals surface area contributed by atoms with Gasteiger partial charge in [-0.25, -0.2) is 9.80 Å². The summed E-state index contributed by atoms with van der Waals surface area (Å²) in [5.74, 6) is -3.12. The number of imide groups is 1. The van der Waals surface area contributed by atoms with Gasteiger partial charge in [0.2, 0.25) is 0 Å². The van der Waals surface area contributed by atoms with E-state index in [1.165, 1.54) is 42.5 Å². The van der Waals surface area contributed by atoms with E-state index in [1.54, 1.807) is 24.3 Å². The Labute approximate surface area is 270 Å². The molecule has 44 heavy (non-hydrogen) atoms. The van der Waals surface area contributed by atoms with Crippen LogP contribution >= 0.6 is 39.1 Å². The van der Waals surface area contributed by atoms with Crippen LogP contribution in [0.25, 0.3) is 0 Å². The standard InChI is InChI=1S/C33H23BrCl2N2O6/c34-18-5-1-17(2-6-18)33(43)44-20-8-3-16(4-9-20)27(39)15-37(30(40)23-10-7-19(35)13-26(23)36)38-31(41)28-21-11-12-22(25-14-24(21)25)29(28)32(38)42/h1-13,21-22,24-25,28-29H,14-15H2/t21-,22-,24-,25-,28+,29+/m0/s1. The lowest BCUT2D eigenvalue weighted by molar-refractivity contribution is -0.154. The van der Waals surface area contributed by atoms with Crippen LogP contribution in [0.3, 0.4) is 0 Å². The molecule has 1 heterocycles. The molecule has 8 nitrogen and oxygen atoms in total. The first-order valence-corrected chi connectivity index (χ1v) is 15.6. The number of ketones is 1. The van der Waals surface area contributed by atoms with Gasteiger partial charge in [0.1, 0.15) is 12.3 Å². The molecule has 3 aromatic rings. The van der Waals surface area contributed by atoms with Crippen LogP contribution in [0.5, 0.6) is 5.75 Å². The molecule has 0 N–H and O–H groups in total. The Balaban J connectivity index is 1.15. The van der Waals surface area contributed by atoms with Gasteiger partial charge in [0, 0.05) is 15.1 Å². The van der Waals surface area contributed by atoms with E-state index in [1.807, 2.05) is 12.2 Å². The number of hydrogen-bond donors (Lipinski definition) is 0. The van der Waals surface area contributed by atoms with Crippen molar-refractivity contribution in [1.82, 2.24) is 10.0 Å². The summed E-state index contributed by atoms with van der Waals surface area (Å²) in [5.41, 5.74) is 0.538. The summed E-state index contributed by atoms with van der Waals surface area (Å²) in [6.07, 6.45) is 5.06. The van der Waals surface area contributed by atoms with Gasteiger partial charge in [-0.05, 0) is 96.8 Å². The number of hydrogen-bond acceptors (Lipinski definition) is 6. The first-order valence-electron chi connectivity index (χ1n) is 14.1. The summed E-state index contributed by atoms with van der Waals surface area (Å²) in [4.78, 5) is 67.8.